The minimum absolute atomic E-state index is 0.123. The van der Waals surface area contributed by atoms with Crippen molar-refractivity contribution in [1.82, 2.24) is 4.98 Å². The number of carbonyl (C=O) groups excluding carboxylic acids is 1. The van der Waals surface area contributed by atoms with Crippen LogP contribution in [-0.4, -0.2) is 22.6 Å². The number of aromatic hydroxyl groups is 1. The molecule has 0 aliphatic heterocycles. The van der Waals surface area contributed by atoms with E-state index in [-0.39, 0.29) is 11.7 Å². The van der Waals surface area contributed by atoms with Crippen molar-refractivity contribution in [1.29, 1.82) is 0 Å². The Hall–Kier alpha value is -3.38. The van der Waals surface area contributed by atoms with E-state index in [0.29, 0.717) is 28.4 Å². The number of nitrogens with zero attached hydrogens (tertiary/aromatic N) is 1. The Bertz CT molecular complexity index is 1100. The number of carbonyl (C=O) groups is 1. The topological polar surface area (TPSA) is 71.5 Å². The molecule has 0 spiro atoms. The molecule has 3 aromatic carbocycles. The number of anilines is 1. The highest BCUT2D eigenvalue weighted by molar-refractivity contribution is 7.21. The number of fused-ring (bicyclic) bond motifs is 1. The van der Waals surface area contributed by atoms with Gasteiger partial charge in [-0.15, -0.1) is 11.3 Å². The smallest absolute Gasteiger partial charge is 0.255 e. The summed E-state index contributed by atoms with van der Waals surface area (Å²) in [7, 11) is 0. The summed E-state index contributed by atoms with van der Waals surface area (Å²) >= 11 is 1.50. The van der Waals surface area contributed by atoms with Crippen molar-refractivity contribution < 1.29 is 14.6 Å². The van der Waals surface area contributed by atoms with Crippen molar-refractivity contribution in [3.8, 4) is 22.1 Å². The van der Waals surface area contributed by atoms with Crippen LogP contribution in [0.3, 0.4) is 0 Å². The van der Waals surface area contributed by atoms with Crippen molar-refractivity contribution in [2.75, 3.05) is 11.9 Å². The highest BCUT2D eigenvalue weighted by Crippen LogP contribution is 2.36. The van der Waals surface area contributed by atoms with Crippen LogP contribution in [0.1, 0.15) is 17.3 Å². The lowest BCUT2D eigenvalue weighted by Crippen LogP contribution is -2.11. The van der Waals surface area contributed by atoms with Crippen LogP contribution in [0.15, 0.2) is 66.7 Å². The predicted octanol–water partition coefficient (Wildman–Crippen LogP) is 5.32. The van der Waals surface area contributed by atoms with Gasteiger partial charge in [0.1, 0.15) is 16.5 Å². The zero-order chi connectivity index (χ0) is 19.5. The van der Waals surface area contributed by atoms with Gasteiger partial charge in [0.05, 0.1) is 22.4 Å². The molecule has 1 heterocycles. The van der Waals surface area contributed by atoms with Crippen molar-refractivity contribution in [3.05, 3.63) is 72.3 Å². The highest BCUT2D eigenvalue weighted by Gasteiger charge is 2.13. The average molecular weight is 390 g/mol. The number of hydrogen-bond donors (Lipinski definition) is 2. The van der Waals surface area contributed by atoms with E-state index in [1.807, 2.05) is 31.2 Å². The molecule has 0 saturated heterocycles. The number of para-hydroxylation sites is 1. The summed E-state index contributed by atoms with van der Waals surface area (Å²) in [5.41, 5.74) is 2.58. The fraction of sp³-hybridized carbons (Fsp3) is 0.0909. The number of amides is 1. The van der Waals surface area contributed by atoms with Crippen molar-refractivity contribution in [2.24, 2.45) is 0 Å². The molecule has 0 saturated carbocycles. The normalized spacial score (nSPS) is 10.8. The molecule has 2 N–H and O–H groups in total. The summed E-state index contributed by atoms with van der Waals surface area (Å²) in [4.78, 5) is 17.1. The molecule has 1 aromatic heterocycles. The van der Waals surface area contributed by atoms with Gasteiger partial charge in [0.2, 0.25) is 0 Å². The lowest BCUT2D eigenvalue weighted by Gasteiger charge is -2.09. The van der Waals surface area contributed by atoms with Gasteiger partial charge in [0.15, 0.2) is 0 Å². The molecule has 0 aliphatic carbocycles. The Balaban J connectivity index is 1.59. The molecule has 0 unspecified atom stereocenters. The van der Waals surface area contributed by atoms with E-state index < -0.39 is 0 Å². The van der Waals surface area contributed by atoms with Crippen LogP contribution < -0.4 is 10.1 Å². The maximum absolute atomic E-state index is 12.5. The fourth-order valence-electron chi connectivity index (χ4n) is 2.84. The molecule has 1 amide bonds. The van der Waals surface area contributed by atoms with Gasteiger partial charge in [-0.05, 0) is 61.5 Å². The molecule has 0 bridgehead atoms. The Morgan fingerprint density at radius 1 is 1.11 bits per heavy atom. The van der Waals surface area contributed by atoms with Gasteiger partial charge in [0, 0.05) is 11.3 Å². The number of phenolic OH excluding ortho intramolecular Hbond substituents is 1. The van der Waals surface area contributed by atoms with Crippen molar-refractivity contribution in [2.45, 2.75) is 6.92 Å². The zero-order valence-corrected chi connectivity index (χ0v) is 16.0. The standard InChI is InChI=1S/C22H18N2O3S/c1-2-27-16-10-7-14(8-11-16)21(26)23-15-9-12-19(25)17(13-15)22-24-18-5-3-4-6-20(18)28-22/h3-13,25H,2H2,1H3,(H,23,26). The number of rotatable bonds is 5. The van der Waals surface area contributed by atoms with Gasteiger partial charge in [-0.25, -0.2) is 4.98 Å². The van der Waals surface area contributed by atoms with Crippen LogP contribution in [0.2, 0.25) is 0 Å². The Morgan fingerprint density at radius 2 is 1.89 bits per heavy atom. The zero-order valence-electron chi connectivity index (χ0n) is 15.2. The van der Waals surface area contributed by atoms with Crippen LogP contribution in [0.4, 0.5) is 5.69 Å². The van der Waals surface area contributed by atoms with Crippen LogP contribution in [0.25, 0.3) is 20.8 Å². The minimum atomic E-state index is -0.232. The molecule has 0 radical (unpaired) electrons. The van der Waals surface area contributed by atoms with Gasteiger partial charge >= 0.3 is 0 Å². The summed E-state index contributed by atoms with van der Waals surface area (Å²) in [6, 6.07) is 19.7. The SMILES string of the molecule is CCOc1ccc(C(=O)Nc2ccc(O)c(-c3nc4ccccc4s3)c2)cc1. The maximum Gasteiger partial charge on any atom is 0.255 e. The number of nitrogens with one attached hydrogen (secondary N) is 1. The first-order valence-electron chi connectivity index (χ1n) is 8.87. The highest BCUT2D eigenvalue weighted by atomic mass is 32.1. The lowest BCUT2D eigenvalue weighted by atomic mass is 10.1. The molecule has 0 atom stereocenters. The first-order valence-corrected chi connectivity index (χ1v) is 9.69. The summed E-state index contributed by atoms with van der Waals surface area (Å²) in [6.45, 7) is 2.49. The van der Waals surface area contributed by atoms with Crippen LogP contribution in [0, 0.1) is 0 Å². The van der Waals surface area contributed by atoms with Gasteiger partial charge < -0.3 is 15.2 Å². The largest absolute Gasteiger partial charge is 0.507 e. The van der Waals surface area contributed by atoms with Crippen LogP contribution in [-0.2, 0) is 0 Å². The maximum atomic E-state index is 12.5. The van der Waals surface area contributed by atoms with Gasteiger partial charge in [-0.2, -0.15) is 0 Å². The first kappa shape index (κ1) is 18.0. The molecule has 5 nitrogen and oxygen atoms in total. The van der Waals surface area contributed by atoms with Crippen LogP contribution >= 0.6 is 11.3 Å². The van der Waals surface area contributed by atoms with Crippen LogP contribution in [0.5, 0.6) is 11.5 Å². The first-order chi connectivity index (χ1) is 13.6. The van der Waals surface area contributed by atoms with E-state index >= 15 is 0 Å². The molecule has 4 rings (SSSR count). The van der Waals surface area contributed by atoms with Gasteiger partial charge in [0.25, 0.3) is 5.91 Å². The van der Waals surface area contributed by atoms with Crippen molar-refractivity contribution in [3.63, 3.8) is 0 Å². The average Bonchev–Trinajstić information content (AvgIpc) is 3.14. The molecular weight excluding hydrogens is 372 g/mol. The number of phenols is 1. The Morgan fingerprint density at radius 3 is 2.64 bits per heavy atom. The number of aromatic nitrogens is 1. The van der Waals surface area contributed by atoms with E-state index in [1.54, 1.807) is 42.5 Å². The molecule has 6 heteroatoms. The number of benzene rings is 3. The fourth-order valence-corrected chi connectivity index (χ4v) is 3.84. The number of thiazole rings is 1. The summed E-state index contributed by atoms with van der Waals surface area (Å²) in [5.74, 6) is 0.615. The molecule has 140 valence electrons. The van der Waals surface area contributed by atoms with Crippen molar-refractivity contribution >= 4 is 33.1 Å². The van der Waals surface area contributed by atoms with Gasteiger partial charge in [-0.3, -0.25) is 4.79 Å². The van der Waals surface area contributed by atoms with E-state index in [2.05, 4.69) is 10.3 Å². The molecule has 0 fully saturated rings. The summed E-state index contributed by atoms with van der Waals surface area (Å²) in [6.07, 6.45) is 0. The second-order valence-corrected chi connectivity index (χ2v) is 7.16. The third-order valence-electron chi connectivity index (χ3n) is 4.21. The third kappa shape index (κ3) is 3.68. The molecule has 28 heavy (non-hydrogen) atoms. The quantitative estimate of drug-likeness (QED) is 0.453. The Labute approximate surface area is 166 Å². The van der Waals surface area contributed by atoms with E-state index in [4.69, 9.17) is 4.74 Å². The lowest BCUT2D eigenvalue weighted by molar-refractivity contribution is 0.102. The number of ether oxygens (including phenoxy) is 1. The van der Waals surface area contributed by atoms with E-state index in [0.717, 1.165) is 16.0 Å². The molecule has 0 aliphatic rings. The third-order valence-corrected chi connectivity index (χ3v) is 5.28. The molecule has 4 aromatic rings. The second-order valence-electron chi connectivity index (χ2n) is 6.13. The monoisotopic (exact) mass is 390 g/mol. The second kappa shape index (κ2) is 7.70. The van der Waals surface area contributed by atoms with E-state index in [9.17, 15) is 9.90 Å². The summed E-state index contributed by atoms with van der Waals surface area (Å²) < 4.78 is 6.44. The van der Waals surface area contributed by atoms with E-state index in [1.165, 1.54) is 11.3 Å². The summed E-state index contributed by atoms with van der Waals surface area (Å²) in [5, 5.41) is 13.9. The number of hydrogen-bond acceptors (Lipinski definition) is 5. The predicted molar refractivity (Wildman–Crippen MR) is 112 cm³/mol. The van der Waals surface area contributed by atoms with Gasteiger partial charge in [-0.1, -0.05) is 12.1 Å². The Kier molecular flexibility index (Phi) is 4.95. The molecular formula is C22H18N2O3S. The minimum Gasteiger partial charge on any atom is -0.507 e.